The second kappa shape index (κ2) is 13.5. The van der Waals surface area contributed by atoms with E-state index in [0.717, 1.165) is 46.9 Å². The predicted molar refractivity (Wildman–Crippen MR) is 161 cm³/mol. The van der Waals surface area contributed by atoms with Gasteiger partial charge in [-0.05, 0) is 72.1 Å². The van der Waals surface area contributed by atoms with Gasteiger partial charge in [-0.2, -0.15) is 22.0 Å². The fraction of sp³-hybridized carbons (Fsp3) is 0.355. The highest BCUT2D eigenvalue weighted by molar-refractivity contribution is 9.10. The Morgan fingerprint density at radius 2 is 1.49 bits per heavy atom. The molecule has 0 spiro atoms. The quantitative estimate of drug-likeness (QED) is 0.210. The van der Waals surface area contributed by atoms with Gasteiger partial charge in [0.15, 0.2) is 0 Å². The predicted octanol–water partition coefficient (Wildman–Crippen LogP) is 5.68. The van der Waals surface area contributed by atoms with Crippen molar-refractivity contribution in [2.24, 2.45) is 5.73 Å². The van der Waals surface area contributed by atoms with Crippen LogP contribution in [-0.4, -0.2) is 60.0 Å². The fourth-order valence-electron chi connectivity index (χ4n) is 5.85. The van der Waals surface area contributed by atoms with Crippen molar-refractivity contribution in [3.8, 4) is 5.75 Å². The van der Waals surface area contributed by atoms with Crippen LogP contribution >= 0.6 is 15.9 Å². The van der Waals surface area contributed by atoms with Gasteiger partial charge < -0.3 is 20.2 Å². The van der Waals surface area contributed by atoms with E-state index in [1.54, 1.807) is 30.3 Å². The highest BCUT2D eigenvalue weighted by atomic mass is 79.9. The summed E-state index contributed by atoms with van der Waals surface area (Å²) < 4.78 is 107. The highest BCUT2D eigenvalue weighted by Gasteiger charge is 2.60. The van der Waals surface area contributed by atoms with Crippen LogP contribution in [0, 0.1) is 0 Å². The molecule has 2 saturated heterocycles. The van der Waals surface area contributed by atoms with E-state index in [1.165, 1.54) is 12.1 Å². The lowest BCUT2D eigenvalue weighted by Crippen LogP contribution is -2.62. The van der Waals surface area contributed by atoms with Crippen LogP contribution in [0.5, 0.6) is 5.75 Å². The first-order chi connectivity index (χ1) is 22.1. The number of fused-ring (bicyclic) bond motifs is 2. The summed E-state index contributed by atoms with van der Waals surface area (Å²) in [4.78, 5) is 30.8. The molecule has 1 amide bonds. The number of rotatable bonds is 10. The third kappa shape index (κ3) is 7.45. The number of piperidine rings is 1. The maximum absolute atomic E-state index is 16.6. The van der Waals surface area contributed by atoms with Gasteiger partial charge in [0.2, 0.25) is 6.04 Å². The van der Waals surface area contributed by atoms with Gasteiger partial charge in [-0.3, -0.25) is 4.79 Å². The van der Waals surface area contributed by atoms with Crippen molar-refractivity contribution in [1.29, 1.82) is 0 Å². The fourth-order valence-corrected chi connectivity index (χ4v) is 7.47. The van der Waals surface area contributed by atoms with Crippen molar-refractivity contribution in [2.75, 3.05) is 0 Å². The smallest absolute Gasteiger partial charge is 0.489 e. The van der Waals surface area contributed by atoms with Gasteiger partial charge in [0, 0.05) is 28.2 Å². The number of sulfonamides is 1. The van der Waals surface area contributed by atoms with Crippen LogP contribution in [0.15, 0.2) is 88.2 Å². The molecule has 0 aromatic heterocycles. The van der Waals surface area contributed by atoms with Crippen LogP contribution in [0.4, 0.5) is 22.0 Å². The first-order valence-corrected chi connectivity index (χ1v) is 16.6. The summed E-state index contributed by atoms with van der Waals surface area (Å²) >= 11 is 3.10. The van der Waals surface area contributed by atoms with E-state index in [4.69, 9.17) is 10.5 Å². The molecule has 3 aromatic rings. The molecule has 0 radical (unpaired) electrons. The van der Waals surface area contributed by atoms with Gasteiger partial charge in [0.1, 0.15) is 12.4 Å². The molecule has 3 atom stereocenters. The Morgan fingerprint density at radius 1 is 0.915 bits per heavy atom. The van der Waals surface area contributed by atoms with Crippen LogP contribution in [-0.2, 0) is 37.0 Å². The molecule has 2 aliphatic heterocycles. The second-order valence-electron chi connectivity index (χ2n) is 11.3. The maximum Gasteiger partial charge on any atom is 0.492 e. The van der Waals surface area contributed by atoms with E-state index < -0.39 is 67.1 Å². The van der Waals surface area contributed by atoms with Crippen LogP contribution in [0.3, 0.4) is 0 Å². The van der Waals surface area contributed by atoms with Crippen LogP contribution < -0.4 is 10.5 Å². The zero-order valence-corrected chi connectivity index (χ0v) is 26.9. The number of hydrogen-bond acceptors (Lipinski definition) is 7. The molecule has 47 heavy (non-hydrogen) atoms. The number of ether oxygens (including phenoxy) is 1. The molecule has 252 valence electrons. The number of carbonyl (C=O) groups excluding carboxylic acids is 2. The Labute approximate surface area is 275 Å². The number of hydroxylamine groups is 1. The molecule has 2 bridgehead atoms. The Hall–Kier alpha value is -3.60. The minimum Gasteiger partial charge on any atom is -0.489 e. The van der Waals surface area contributed by atoms with Crippen molar-refractivity contribution >= 4 is 37.8 Å². The second-order valence-corrected chi connectivity index (χ2v) is 14.0. The van der Waals surface area contributed by atoms with E-state index in [1.807, 2.05) is 0 Å². The summed E-state index contributed by atoms with van der Waals surface area (Å²) in [6.45, 7) is 0.0834. The molecule has 16 heteroatoms. The van der Waals surface area contributed by atoms with Gasteiger partial charge in [-0.1, -0.05) is 58.4 Å². The number of alkyl halides is 5. The normalized spacial score (nSPS) is 20.6. The molecule has 2 heterocycles. The molecule has 2 fully saturated rings. The van der Waals surface area contributed by atoms with Crippen molar-refractivity contribution in [3.63, 3.8) is 0 Å². The van der Waals surface area contributed by atoms with E-state index in [-0.39, 0.29) is 31.2 Å². The minimum absolute atomic E-state index is 0.0834. The Bertz CT molecular complexity index is 1680. The number of halogens is 6. The summed E-state index contributed by atoms with van der Waals surface area (Å²) in [7, 11) is -5.57. The lowest BCUT2D eigenvalue weighted by Gasteiger charge is -2.42. The van der Waals surface area contributed by atoms with E-state index >= 15 is 8.78 Å². The van der Waals surface area contributed by atoms with Crippen molar-refractivity contribution in [1.82, 2.24) is 9.37 Å². The molecule has 0 aliphatic carbocycles. The monoisotopic (exact) mass is 745 g/mol. The largest absolute Gasteiger partial charge is 0.492 e. The lowest BCUT2D eigenvalue weighted by atomic mass is 9.94. The molecule has 9 nitrogen and oxygen atoms in total. The summed E-state index contributed by atoms with van der Waals surface area (Å²) in [6.07, 6.45) is -4.67. The number of benzene rings is 3. The number of carbonyl (C=O) groups is 2. The molecular formula is C31H29BrF5N3O6S. The van der Waals surface area contributed by atoms with E-state index in [2.05, 4.69) is 20.8 Å². The topological polar surface area (TPSA) is 119 Å². The van der Waals surface area contributed by atoms with Crippen molar-refractivity contribution in [3.05, 3.63) is 94.5 Å². The molecular weight excluding hydrogens is 717 g/mol. The highest BCUT2D eigenvalue weighted by Crippen LogP contribution is 2.43. The third-order valence-electron chi connectivity index (χ3n) is 8.05. The van der Waals surface area contributed by atoms with E-state index in [0.29, 0.717) is 17.3 Å². The van der Waals surface area contributed by atoms with Crippen molar-refractivity contribution < 1.29 is 49.5 Å². The number of hydrogen-bond donors (Lipinski definition) is 1. The zero-order valence-electron chi connectivity index (χ0n) is 24.4. The van der Waals surface area contributed by atoms with Crippen molar-refractivity contribution in [2.45, 2.75) is 73.5 Å². The summed E-state index contributed by atoms with van der Waals surface area (Å²) in [5, 5.41) is 0. The average Bonchev–Trinajstić information content (AvgIpc) is 3.30. The molecule has 2 unspecified atom stereocenters. The van der Waals surface area contributed by atoms with Gasteiger partial charge in [-0.25, -0.2) is 13.2 Å². The molecule has 5 rings (SSSR count). The maximum atomic E-state index is 16.6. The molecule has 3 aromatic carbocycles. The van der Waals surface area contributed by atoms with Crippen LogP contribution in [0.2, 0.25) is 0 Å². The Balaban J connectivity index is 1.58. The van der Waals surface area contributed by atoms with Gasteiger partial charge in [0.05, 0.1) is 4.90 Å². The summed E-state index contributed by atoms with van der Waals surface area (Å²) in [5.74, 6) is -9.01. The molecule has 0 saturated carbocycles. The van der Waals surface area contributed by atoms with E-state index in [9.17, 15) is 31.2 Å². The lowest BCUT2D eigenvalue weighted by molar-refractivity contribution is -0.240. The molecule has 2 N–H and O–H groups in total. The van der Waals surface area contributed by atoms with Crippen LogP contribution in [0.25, 0.3) is 0 Å². The van der Waals surface area contributed by atoms with Gasteiger partial charge in [0.25, 0.3) is 15.9 Å². The summed E-state index contributed by atoms with van der Waals surface area (Å²) in [5.41, 5.74) is 5.94. The molecule has 2 aliphatic rings. The number of nitrogens with zero attached hydrogens (tertiary/aromatic N) is 2. The Kier molecular flexibility index (Phi) is 9.97. The minimum atomic E-state index is -5.81. The third-order valence-corrected chi connectivity index (χ3v) is 10.2. The number of amides is 1. The standard InChI is InChI=1S/C31H29BrF5N3O6S/c32-21-8-6-20(7-9-21)30(33,34)27(28(41)39-23-10-11-24(39)17-22(38)16-23)40(46-29(42)31(35,36)37)47(43,44)26-14-12-25(13-15-26)45-18-19-4-2-1-3-5-19/h1-9,12-15,22-24,27H,10-11,16-18,38H2/t22?,23?,24?,27-/m0/s1. The van der Waals surface area contributed by atoms with Gasteiger partial charge >= 0.3 is 18.1 Å². The SMILES string of the molecule is NC1CC2CCC(C1)N2C(=O)[C@H](N(OC(=O)C(F)(F)F)S(=O)(=O)c1ccc(OCc2ccccc2)cc1)C(F)(F)c1ccc(Br)cc1. The Morgan fingerprint density at radius 3 is 2.04 bits per heavy atom. The summed E-state index contributed by atoms with van der Waals surface area (Å²) in [6, 6.07) is 12.1. The first-order valence-electron chi connectivity index (χ1n) is 14.4. The van der Waals surface area contributed by atoms with Gasteiger partial charge in [-0.15, -0.1) is 0 Å². The first kappa shape index (κ1) is 34.7. The van der Waals surface area contributed by atoms with Crippen LogP contribution in [0.1, 0.15) is 36.8 Å². The average molecular weight is 747 g/mol. The number of nitrogens with two attached hydrogens (primary N) is 1. The zero-order chi connectivity index (χ0) is 34.1.